The first-order chi connectivity index (χ1) is 5.31. The van der Waals surface area contributed by atoms with Crippen molar-refractivity contribution in [2.75, 3.05) is 6.61 Å². The molecule has 62 valence electrons. The first kappa shape index (κ1) is 7.28. The Morgan fingerprint density at radius 1 is 1.73 bits per heavy atom. The summed E-state index contributed by atoms with van der Waals surface area (Å²) in [5, 5.41) is 9.42. The van der Waals surface area contributed by atoms with Gasteiger partial charge in [-0.15, -0.1) is 0 Å². The van der Waals surface area contributed by atoms with Crippen LogP contribution in [0, 0.1) is 0 Å². The van der Waals surface area contributed by atoms with Crippen molar-refractivity contribution in [2.24, 2.45) is 0 Å². The van der Waals surface area contributed by atoms with E-state index in [0.29, 0.717) is 6.61 Å². The Bertz CT molecular complexity index is 188. The summed E-state index contributed by atoms with van der Waals surface area (Å²) in [7, 11) is 0. The van der Waals surface area contributed by atoms with E-state index in [2.05, 4.69) is 0 Å². The van der Waals surface area contributed by atoms with E-state index in [1.807, 2.05) is 13.0 Å². The molecule has 0 aromatic carbocycles. The number of ether oxygens (including phenoxy) is 2. The highest BCUT2D eigenvalue weighted by molar-refractivity contribution is 5.14. The number of hydrogen-bond donors (Lipinski definition) is 1. The highest BCUT2D eigenvalue weighted by atomic mass is 16.7. The van der Waals surface area contributed by atoms with Gasteiger partial charge in [-0.1, -0.05) is 6.92 Å². The molecule has 0 radical (unpaired) electrons. The molecule has 2 bridgehead atoms. The lowest BCUT2D eigenvalue weighted by atomic mass is 10.1. The molecule has 0 amide bonds. The third-order valence-electron chi connectivity index (χ3n) is 2.19. The maximum Gasteiger partial charge on any atom is 0.180 e. The van der Waals surface area contributed by atoms with E-state index in [1.54, 1.807) is 0 Å². The molecular weight excluding hydrogens is 144 g/mol. The zero-order valence-electron chi connectivity index (χ0n) is 6.49. The van der Waals surface area contributed by atoms with Crippen LogP contribution in [0.1, 0.15) is 13.3 Å². The van der Waals surface area contributed by atoms with Gasteiger partial charge >= 0.3 is 0 Å². The van der Waals surface area contributed by atoms with Crippen molar-refractivity contribution >= 4 is 0 Å². The van der Waals surface area contributed by atoms with Crippen molar-refractivity contribution < 1.29 is 14.6 Å². The van der Waals surface area contributed by atoms with E-state index in [4.69, 9.17) is 9.47 Å². The minimum Gasteiger partial charge on any atom is -0.386 e. The first-order valence-corrected chi connectivity index (χ1v) is 3.97. The zero-order valence-corrected chi connectivity index (χ0v) is 6.49. The van der Waals surface area contributed by atoms with Gasteiger partial charge in [0.25, 0.3) is 0 Å². The molecule has 3 nitrogen and oxygen atoms in total. The molecule has 3 atom stereocenters. The second kappa shape index (κ2) is 2.59. The van der Waals surface area contributed by atoms with Crippen LogP contribution in [0.2, 0.25) is 0 Å². The van der Waals surface area contributed by atoms with Crippen molar-refractivity contribution in [3.8, 4) is 0 Å². The maximum atomic E-state index is 9.42. The quantitative estimate of drug-likeness (QED) is 0.560. The summed E-state index contributed by atoms with van der Waals surface area (Å²) in [6, 6.07) is 0. The molecule has 0 aromatic heterocycles. The fourth-order valence-electron chi connectivity index (χ4n) is 1.48. The number of aliphatic hydroxyl groups is 1. The van der Waals surface area contributed by atoms with Gasteiger partial charge in [0.05, 0.1) is 6.61 Å². The van der Waals surface area contributed by atoms with Gasteiger partial charge in [0.2, 0.25) is 0 Å². The van der Waals surface area contributed by atoms with E-state index in [0.717, 1.165) is 12.0 Å². The fourth-order valence-corrected chi connectivity index (χ4v) is 1.48. The van der Waals surface area contributed by atoms with E-state index in [-0.39, 0.29) is 12.4 Å². The monoisotopic (exact) mass is 156 g/mol. The van der Waals surface area contributed by atoms with Crippen LogP contribution in [-0.4, -0.2) is 30.2 Å². The smallest absolute Gasteiger partial charge is 0.180 e. The van der Waals surface area contributed by atoms with Crippen LogP contribution < -0.4 is 0 Å². The third kappa shape index (κ3) is 1.09. The standard InChI is InChI=1S/C8H12O3/c1-2-5-3-6(9)7-4-10-8(5)11-7/h3,6-9H,2,4H2,1H3/t6-,7-,8-/m1/s1. The second-order valence-electron chi connectivity index (χ2n) is 2.93. The second-order valence-corrected chi connectivity index (χ2v) is 2.93. The maximum absolute atomic E-state index is 9.42. The molecule has 3 heteroatoms. The topological polar surface area (TPSA) is 38.7 Å². The lowest BCUT2D eigenvalue weighted by Crippen LogP contribution is -2.31. The van der Waals surface area contributed by atoms with E-state index in [9.17, 15) is 5.11 Å². The summed E-state index contributed by atoms with van der Waals surface area (Å²) in [4.78, 5) is 0. The number of fused-ring (bicyclic) bond motifs is 2. The van der Waals surface area contributed by atoms with E-state index >= 15 is 0 Å². The van der Waals surface area contributed by atoms with E-state index in [1.165, 1.54) is 0 Å². The Kier molecular flexibility index (Phi) is 1.71. The molecule has 0 aromatic rings. The molecule has 0 spiro atoms. The lowest BCUT2D eigenvalue weighted by Gasteiger charge is -2.22. The van der Waals surface area contributed by atoms with Crippen LogP contribution in [0.25, 0.3) is 0 Å². The highest BCUT2D eigenvalue weighted by Crippen LogP contribution is 2.28. The third-order valence-corrected chi connectivity index (χ3v) is 2.19. The number of aliphatic hydroxyl groups excluding tert-OH is 1. The minimum atomic E-state index is -0.469. The average molecular weight is 156 g/mol. The normalized spacial score (nSPS) is 42.4. The van der Waals surface area contributed by atoms with Crippen LogP contribution in [0.15, 0.2) is 11.6 Å². The SMILES string of the molecule is CCC1=C[C@@H](O)[C@H]2CO[C@@H]1O2. The van der Waals surface area contributed by atoms with Crippen LogP contribution >= 0.6 is 0 Å². The van der Waals surface area contributed by atoms with Crippen LogP contribution in [-0.2, 0) is 9.47 Å². The van der Waals surface area contributed by atoms with Gasteiger partial charge < -0.3 is 14.6 Å². The Labute approximate surface area is 65.6 Å². The van der Waals surface area contributed by atoms with Crippen molar-refractivity contribution in [1.29, 1.82) is 0 Å². The summed E-state index contributed by atoms with van der Waals surface area (Å²) in [5.74, 6) is 0. The minimum absolute atomic E-state index is 0.129. The van der Waals surface area contributed by atoms with Crippen molar-refractivity contribution in [3.05, 3.63) is 11.6 Å². The van der Waals surface area contributed by atoms with Crippen molar-refractivity contribution in [3.63, 3.8) is 0 Å². The van der Waals surface area contributed by atoms with Crippen molar-refractivity contribution in [2.45, 2.75) is 31.8 Å². The molecule has 2 aliphatic rings. The number of hydrogen-bond acceptors (Lipinski definition) is 3. The van der Waals surface area contributed by atoms with Gasteiger partial charge in [0.1, 0.15) is 12.2 Å². The van der Waals surface area contributed by atoms with Crippen molar-refractivity contribution in [1.82, 2.24) is 0 Å². The van der Waals surface area contributed by atoms with Gasteiger partial charge in [0.15, 0.2) is 6.29 Å². The van der Waals surface area contributed by atoms with Gasteiger partial charge in [-0.3, -0.25) is 0 Å². The molecule has 1 N–H and O–H groups in total. The molecule has 2 rings (SSSR count). The zero-order chi connectivity index (χ0) is 7.84. The largest absolute Gasteiger partial charge is 0.386 e. The van der Waals surface area contributed by atoms with Crippen LogP contribution in [0.5, 0.6) is 0 Å². The van der Waals surface area contributed by atoms with Crippen LogP contribution in [0.4, 0.5) is 0 Å². The van der Waals surface area contributed by atoms with Gasteiger partial charge in [-0.2, -0.15) is 0 Å². The molecular formula is C8H12O3. The lowest BCUT2D eigenvalue weighted by molar-refractivity contribution is -0.0629. The first-order valence-electron chi connectivity index (χ1n) is 3.97. The summed E-state index contributed by atoms with van der Waals surface area (Å²) in [6.45, 7) is 2.55. The van der Waals surface area contributed by atoms with E-state index < -0.39 is 6.10 Å². The highest BCUT2D eigenvalue weighted by Gasteiger charge is 2.36. The Balaban J connectivity index is 2.20. The van der Waals surface area contributed by atoms with Gasteiger partial charge in [-0.25, -0.2) is 0 Å². The predicted molar refractivity (Wildman–Crippen MR) is 39.0 cm³/mol. The molecule has 11 heavy (non-hydrogen) atoms. The summed E-state index contributed by atoms with van der Waals surface area (Å²) >= 11 is 0. The molecule has 0 unspecified atom stereocenters. The van der Waals surface area contributed by atoms with Gasteiger partial charge in [0, 0.05) is 0 Å². The summed E-state index contributed by atoms with van der Waals surface area (Å²) in [5.41, 5.74) is 1.06. The average Bonchev–Trinajstić information content (AvgIpc) is 2.43. The molecule has 1 fully saturated rings. The molecule has 2 heterocycles. The molecule has 0 aliphatic carbocycles. The van der Waals surface area contributed by atoms with Crippen LogP contribution in [0.3, 0.4) is 0 Å². The molecule has 2 aliphatic heterocycles. The molecule has 1 saturated heterocycles. The van der Waals surface area contributed by atoms with Gasteiger partial charge in [-0.05, 0) is 18.1 Å². The Hall–Kier alpha value is -0.380. The Morgan fingerprint density at radius 2 is 2.55 bits per heavy atom. The summed E-state index contributed by atoms with van der Waals surface area (Å²) in [6.07, 6.45) is 1.97. The number of rotatable bonds is 1. The molecule has 0 saturated carbocycles. The Morgan fingerprint density at radius 3 is 3.27 bits per heavy atom. The summed E-state index contributed by atoms with van der Waals surface area (Å²) < 4.78 is 10.7. The fraction of sp³-hybridized carbons (Fsp3) is 0.750. The predicted octanol–water partition coefficient (Wildman–Crippen LogP) is 0.439.